The molecule has 216 valence electrons. The maximum atomic E-state index is 14.7. The van der Waals surface area contributed by atoms with E-state index in [4.69, 9.17) is 0 Å². The van der Waals surface area contributed by atoms with Crippen LogP contribution in [0.2, 0.25) is 0 Å². The zero-order valence-electron chi connectivity index (χ0n) is 23.2. The summed E-state index contributed by atoms with van der Waals surface area (Å²) in [4.78, 5) is 41.8. The second kappa shape index (κ2) is 13.3. The first-order valence-corrected chi connectivity index (χ1v) is 14.1. The second-order valence-corrected chi connectivity index (χ2v) is 10.7. The fourth-order valence-electron chi connectivity index (χ4n) is 4.89. The van der Waals surface area contributed by atoms with Gasteiger partial charge in [-0.2, -0.15) is 5.26 Å². The summed E-state index contributed by atoms with van der Waals surface area (Å²) in [5.41, 5.74) is 2.40. The van der Waals surface area contributed by atoms with Gasteiger partial charge < -0.3 is 20.9 Å². The molecule has 1 aliphatic heterocycles. The lowest BCUT2D eigenvalue weighted by atomic mass is 10.1. The molecule has 3 N–H and O–H groups in total. The van der Waals surface area contributed by atoms with Crippen molar-refractivity contribution in [3.05, 3.63) is 101 Å². The number of urea groups is 1. The third-order valence-electron chi connectivity index (χ3n) is 7.50. The quantitative estimate of drug-likeness (QED) is 0.356. The molecule has 0 spiro atoms. The van der Waals surface area contributed by atoms with E-state index in [1.807, 2.05) is 36.4 Å². The summed E-state index contributed by atoms with van der Waals surface area (Å²) in [6.45, 7) is 3.37. The highest BCUT2D eigenvalue weighted by atomic mass is 19.1. The lowest BCUT2D eigenvalue weighted by Crippen LogP contribution is -2.48. The van der Waals surface area contributed by atoms with Crippen LogP contribution in [0.4, 0.5) is 14.9 Å². The zero-order valence-corrected chi connectivity index (χ0v) is 23.2. The molecule has 2 aliphatic rings. The third-order valence-corrected chi connectivity index (χ3v) is 7.50. The van der Waals surface area contributed by atoms with Gasteiger partial charge in [-0.05, 0) is 60.2 Å². The molecule has 2 fully saturated rings. The topological polar surface area (TPSA) is 118 Å². The number of benzene rings is 3. The van der Waals surface area contributed by atoms with E-state index in [1.54, 1.807) is 23.1 Å². The van der Waals surface area contributed by atoms with Gasteiger partial charge in [0.15, 0.2) is 0 Å². The fourth-order valence-corrected chi connectivity index (χ4v) is 4.89. The highest BCUT2D eigenvalue weighted by Gasteiger charge is 2.24. The number of halogens is 1. The van der Waals surface area contributed by atoms with Gasteiger partial charge in [0, 0.05) is 50.4 Å². The van der Waals surface area contributed by atoms with Crippen molar-refractivity contribution in [2.24, 2.45) is 5.92 Å². The van der Waals surface area contributed by atoms with E-state index in [1.165, 1.54) is 12.1 Å². The summed E-state index contributed by atoms with van der Waals surface area (Å²) >= 11 is 0. The van der Waals surface area contributed by atoms with Gasteiger partial charge in [-0.3, -0.25) is 14.5 Å². The summed E-state index contributed by atoms with van der Waals surface area (Å²) < 4.78 is 14.7. The summed E-state index contributed by atoms with van der Waals surface area (Å²) in [7, 11) is 0. The van der Waals surface area contributed by atoms with Gasteiger partial charge in [0.25, 0.3) is 11.8 Å². The molecule has 9 nitrogen and oxygen atoms in total. The Balaban J connectivity index is 1.11. The average Bonchev–Trinajstić information content (AvgIpc) is 3.85. The number of amides is 4. The Morgan fingerprint density at radius 3 is 2.38 bits per heavy atom. The standard InChI is InChI=1S/C32H33FN6O3/c33-27-18-26(11-12-28(27)37-32(42)35-20-22-9-10-22)31(41)39-15-13-38(14-16-39)21-23-5-4-8-25(17-23)30(40)36-29(19-34)24-6-2-1-3-7-24/h1-8,11-12,17-18,22,29H,9-10,13-16,20-21H2,(H,36,40)(H2,35,37,42). The summed E-state index contributed by atoms with van der Waals surface area (Å²) in [6, 6.07) is 21.4. The molecule has 1 atom stereocenters. The minimum atomic E-state index is -0.745. The molecule has 42 heavy (non-hydrogen) atoms. The number of carbonyl (C=O) groups excluding carboxylic acids is 3. The normalized spacial score (nSPS) is 15.8. The van der Waals surface area contributed by atoms with Gasteiger partial charge >= 0.3 is 6.03 Å². The van der Waals surface area contributed by atoms with Crippen molar-refractivity contribution in [3.63, 3.8) is 0 Å². The zero-order chi connectivity index (χ0) is 29.5. The van der Waals surface area contributed by atoms with E-state index < -0.39 is 17.9 Å². The molecule has 1 saturated heterocycles. The number of nitrogens with one attached hydrogen (secondary N) is 3. The minimum Gasteiger partial charge on any atom is -0.338 e. The lowest BCUT2D eigenvalue weighted by Gasteiger charge is -2.35. The van der Waals surface area contributed by atoms with E-state index in [0.717, 1.165) is 30.0 Å². The number of hydrogen-bond donors (Lipinski definition) is 3. The monoisotopic (exact) mass is 568 g/mol. The second-order valence-electron chi connectivity index (χ2n) is 10.7. The van der Waals surface area contributed by atoms with Crippen LogP contribution in [0.1, 0.15) is 50.7 Å². The van der Waals surface area contributed by atoms with Gasteiger partial charge in [-0.1, -0.05) is 42.5 Å². The van der Waals surface area contributed by atoms with Crippen molar-refractivity contribution >= 4 is 23.5 Å². The van der Waals surface area contributed by atoms with Crippen LogP contribution in [-0.2, 0) is 6.54 Å². The van der Waals surface area contributed by atoms with Crippen molar-refractivity contribution in [1.82, 2.24) is 20.4 Å². The fraction of sp³-hybridized carbons (Fsp3) is 0.312. The molecular formula is C32H33FN6O3. The van der Waals surface area contributed by atoms with Gasteiger partial charge in [0.1, 0.15) is 11.9 Å². The van der Waals surface area contributed by atoms with Crippen LogP contribution in [0.25, 0.3) is 0 Å². The molecule has 4 amide bonds. The van der Waals surface area contributed by atoms with Crippen LogP contribution in [0.15, 0.2) is 72.8 Å². The average molecular weight is 569 g/mol. The largest absolute Gasteiger partial charge is 0.338 e. The molecule has 0 aromatic heterocycles. The van der Waals surface area contributed by atoms with Crippen molar-refractivity contribution in [2.45, 2.75) is 25.4 Å². The first kappa shape index (κ1) is 28.8. The number of anilines is 1. The van der Waals surface area contributed by atoms with Gasteiger partial charge in [-0.25, -0.2) is 9.18 Å². The Bertz CT molecular complexity index is 1480. The molecule has 0 radical (unpaired) electrons. The highest BCUT2D eigenvalue weighted by Crippen LogP contribution is 2.27. The smallest absolute Gasteiger partial charge is 0.319 e. The third kappa shape index (κ3) is 7.50. The number of piperazine rings is 1. The number of rotatable bonds is 9. The maximum Gasteiger partial charge on any atom is 0.319 e. The minimum absolute atomic E-state index is 0.0313. The van der Waals surface area contributed by atoms with E-state index in [-0.39, 0.29) is 23.1 Å². The molecular weight excluding hydrogens is 535 g/mol. The van der Waals surface area contributed by atoms with Crippen LogP contribution < -0.4 is 16.0 Å². The van der Waals surface area contributed by atoms with Crippen LogP contribution in [0.3, 0.4) is 0 Å². The number of nitrogens with zero attached hydrogens (tertiary/aromatic N) is 3. The number of carbonyl (C=O) groups is 3. The molecule has 3 aromatic carbocycles. The number of hydrogen-bond acceptors (Lipinski definition) is 5. The SMILES string of the molecule is N#CC(NC(=O)c1cccc(CN2CCN(C(=O)c3ccc(NC(=O)NCC4CC4)c(F)c3)CC2)c1)c1ccccc1. The Labute approximate surface area is 244 Å². The number of nitriles is 1. The summed E-state index contributed by atoms with van der Waals surface area (Å²) in [5, 5.41) is 17.5. The van der Waals surface area contributed by atoms with E-state index in [2.05, 4.69) is 26.9 Å². The highest BCUT2D eigenvalue weighted by molar-refractivity contribution is 5.96. The van der Waals surface area contributed by atoms with Crippen molar-refractivity contribution in [2.75, 3.05) is 38.0 Å². The lowest BCUT2D eigenvalue weighted by molar-refractivity contribution is 0.0627. The summed E-state index contributed by atoms with van der Waals surface area (Å²) in [5.74, 6) is -0.728. The van der Waals surface area contributed by atoms with Crippen LogP contribution in [0.5, 0.6) is 0 Å². The molecule has 1 heterocycles. The van der Waals surface area contributed by atoms with Crippen molar-refractivity contribution < 1.29 is 18.8 Å². The Morgan fingerprint density at radius 2 is 1.69 bits per heavy atom. The van der Waals surface area contributed by atoms with Crippen molar-refractivity contribution in [1.29, 1.82) is 5.26 Å². The molecule has 3 aromatic rings. The summed E-state index contributed by atoms with van der Waals surface area (Å²) in [6.07, 6.45) is 2.21. The maximum absolute atomic E-state index is 14.7. The molecule has 1 unspecified atom stereocenters. The van der Waals surface area contributed by atoms with Gasteiger partial charge in [-0.15, -0.1) is 0 Å². The Morgan fingerprint density at radius 1 is 0.929 bits per heavy atom. The van der Waals surface area contributed by atoms with Crippen LogP contribution in [-0.4, -0.2) is 60.4 Å². The molecule has 0 bridgehead atoms. The predicted molar refractivity (Wildman–Crippen MR) is 156 cm³/mol. The predicted octanol–water partition coefficient (Wildman–Crippen LogP) is 4.31. The molecule has 5 rings (SSSR count). The molecule has 1 saturated carbocycles. The van der Waals surface area contributed by atoms with E-state index >= 15 is 0 Å². The molecule has 10 heteroatoms. The van der Waals surface area contributed by atoms with Gasteiger partial charge in [0.05, 0.1) is 11.8 Å². The van der Waals surface area contributed by atoms with Crippen LogP contribution in [0, 0.1) is 23.1 Å². The van der Waals surface area contributed by atoms with Crippen molar-refractivity contribution in [3.8, 4) is 6.07 Å². The Hall–Kier alpha value is -4.75. The van der Waals surface area contributed by atoms with E-state index in [9.17, 15) is 24.0 Å². The van der Waals surface area contributed by atoms with Gasteiger partial charge in [0.2, 0.25) is 0 Å². The first-order chi connectivity index (χ1) is 20.4. The van der Waals surface area contributed by atoms with E-state index in [0.29, 0.717) is 50.7 Å². The first-order valence-electron chi connectivity index (χ1n) is 14.1. The van der Waals surface area contributed by atoms with Crippen LogP contribution >= 0.6 is 0 Å². The Kier molecular flexibility index (Phi) is 9.09. The molecule has 1 aliphatic carbocycles.